The van der Waals surface area contributed by atoms with Crippen LogP contribution in [0.4, 0.5) is 0 Å². The Hall–Kier alpha value is -2.21. The van der Waals surface area contributed by atoms with Crippen LogP contribution < -0.4 is 0 Å². The predicted octanol–water partition coefficient (Wildman–Crippen LogP) is 2.83. The second kappa shape index (κ2) is 9.11. The minimum atomic E-state index is -0.292. The van der Waals surface area contributed by atoms with Crippen LogP contribution in [0.5, 0.6) is 0 Å². The normalized spacial score (nSPS) is 29.0. The molecule has 5 nitrogen and oxygen atoms in total. The summed E-state index contributed by atoms with van der Waals surface area (Å²) < 4.78 is 5.47. The Morgan fingerprint density at radius 1 is 0.903 bits per heavy atom. The van der Waals surface area contributed by atoms with Crippen LogP contribution in [0.15, 0.2) is 54.6 Å². The van der Waals surface area contributed by atoms with E-state index in [1.165, 1.54) is 11.1 Å². The number of morpholine rings is 1. The van der Waals surface area contributed by atoms with E-state index in [2.05, 4.69) is 41.3 Å². The largest absolute Gasteiger partial charge is 0.391 e. The Labute approximate surface area is 184 Å². The van der Waals surface area contributed by atoms with E-state index in [1.807, 2.05) is 23.1 Å². The third-order valence-corrected chi connectivity index (χ3v) is 7.39. The van der Waals surface area contributed by atoms with E-state index in [9.17, 15) is 9.90 Å². The van der Waals surface area contributed by atoms with Crippen molar-refractivity contribution in [3.63, 3.8) is 0 Å². The van der Waals surface area contributed by atoms with Gasteiger partial charge in [-0.25, -0.2) is 0 Å². The topological polar surface area (TPSA) is 53.0 Å². The van der Waals surface area contributed by atoms with Gasteiger partial charge < -0.3 is 14.7 Å². The summed E-state index contributed by atoms with van der Waals surface area (Å²) in [6, 6.07) is 18.9. The van der Waals surface area contributed by atoms with Crippen LogP contribution in [0, 0.1) is 11.8 Å². The lowest BCUT2D eigenvalue weighted by molar-refractivity contribution is -0.129. The highest BCUT2D eigenvalue weighted by Gasteiger charge is 2.44. The van der Waals surface area contributed by atoms with E-state index in [0.29, 0.717) is 18.3 Å². The van der Waals surface area contributed by atoms with Crippen LogP contribution in [-0.2, 0) is 16.0 Å². The monoisotopic (exact) mass is 420 g/mol. The van der Waals surface area contributed by atoms with Crippen molar-refractivity contribution in [1.82, 2.24) is 9.80 Å². The van der Waals surface area contributed by atoms with E-state index in [-0.39, 0.29) is 18.1 Å². The molecule has 2 aliphatic heterocycles. The molecule has 1 amide bonds. The highest BCUT2D eigenvalue weighted by Crippen LogP contribution is 2.38. The number of aliphatic hydroxyl groups is 1. The van der Waals surface area contributed by atoms with Gasteiger partial charge in [0.05, 0.1) is 25.7 Å². The molecule has 5 heteroatoms. The first kappa shape index (κ1) is 20.7. The zero-order valence-electron chi connectivity index (χ0n) is 18.0. The molecule has 164 valence electrons. The maximum absolute atomic E-state index is 13.0. The van der Waals surface area contributed by atoms with Crippen molar-refractivity contribution >= 4 is 5.91 Å². The van der Waals surface area contributed by atoms with Crippen LogP contribution >= 0.6 is 0 Å². The van der Waals surface area contributed by atoms with Gasteiger partial charge >= 0.3 is 0 Å². The molecule has 5 rings (SSSR count). The highest BCUT2D eigenvalue weighted by molar-refractivity contribution is 5.79. The lowest BCUT2D eigenvalue weighted by Crippen LogP contribution is -2.53. The fourth-order valence-electron chi connectivity index (χ4n) is 5.64. The second-order valence-corrected chi connectivity index (χ2v) is 9.31. The van der Waals surface area contributed by atoms with Crippen molar-refractivity contribution in [3.05, 3.63) is 60.2 Å². The second-order valence-electron chi connectivity index (χ2n) is 9.31. The van der Waals surface area contributed by atoms with Crippen LogP contribution in [0.2, 0.25) is 0 Å². The number of carbonyl (C=O) groups is 1. The number of likely N-dealkylation sites (tertiary alicyclic amines) is 1. The minimum Gasteiger partial charge on any atom is -0.391 e. The van der Waals surface area contributed by atoms with E-state index in [0.717, 1.165) is 57.8 Å². The molecule has 0 unspecified atom stereocenters. The van der Waals surface area contributed by atoms with Gasteiger partial charge in [-0.3, -0.25) is 9.69 Å². The lowest BCUT2D eigenvalue weighted by Gasteiger charge is -2.43. The molecule has 2 saturated heterocycles. The van der Waals surface area contributed by atoms with Crippen molar-refractivity contribution < 1.29 is 14.6 Å². The summed E-state index contributed by atoms with van der Waals surface area (Å²) in [5.74, 6) is 1.14. The van der Waals surface area contributed by atoms with Crippen molar-refractivity contribution in [2.45, 2.75) is 31.4 Å². The van der Waals surface area contributed by atoms with Crippen molar-refractivity contribution in [3.8, 4) is 11.1 Å². The summed E-state index contributed by atoms with van der Waals surface area (Å²) in [7, 11) is 0. The van der Waals surface area contributed by atoms with Gasteiger partial charge in [0.25, 0.3) is 0 Å². The van der Waals surface area contributed by atoms with E-state index in [4.69, 9.17) is 4.74 Å². The summed E-state index contributed by atoms with van der Waals surface area (Å²) in [6.07, 6.45) is 1.95. The third-order valence-electron chi connectivity index (χ3n) is 7.39. The molecule has 1 saturated carbocycles. The standard InChI is InChI=1S/C26H32N2O3/c29-25-16-23-18-28(17-22(23)15-24(25)27-10-12-31-13-11-27)26(30)14-19-6-8-21(9-7-19)20-4-2-1-3-5-20/h1-9,22-25,29H,10-18H2/t22-,23+,24-,25-/m1/s1. The fraction of sp³-hybridized carbons (Fsp3) is 0.500. The summed E-state index contributed by atoms with van der Waals surface area (Å²) in [4.78, 5) is 17.4. The van der Waals surface area contributed by atoms with E-state index in [1.54, 1.807) is 0 Å². The summed E-state index contributed by atoms with van der Waals surface area (Å²) in [5.41, 5.74) is 3.43. The van der Waals surface area contributed by atoms with Crippen LogP contribution in [0.1, 0.15) is 18.4 Å². The van der Waals surface area contributed by atoms with Crippen molar-refractivity contribution in [1.29, 1.82) is 0 Å². The molecule has 2 heterocycles. The van der Waals surface area contributed by atoms with Gasteiger partial charge in [-0.15, -0.1) is 0 Å². The zero-order chi connectivity index (χ0) is 21.2. The van der Waals surface area contributed by atoms with Crippen LogP contribution in [0.25, 0.3) is 11.1 Å². The third kappa shape index (κ3) is 4.54. The number of ether oxygens (including phenoxy) is 1. The SMILES string of the molecule is O=C(Cc1ccc(-c2ccccc2)cc1)N1C[C@H]2C[C@@H](N3CCOCC3)[C@H](O)C[C@H]2C1. The number of benzene rings is 2. The van der Waals surface area contributed by atoms with Crippen LogP contribution in [0.3, 0.4) is 0 Å². The number of hydrogen-bond acceptors (Lipinski definition) is 4. The fourth-order valence-corrected chi connectivity index (χ4v) is 5.64. The van der Waals surface area contributed by atoms with E-state index >= 15 is 0 Å². The number of rotatable bonds is 4. The molecule has 0 aromatic heterocycles. The first-order valence-corrected chi connectivity index (χ1v) is 11.6. The molecule has 1 aliphatic carbocycles. The van der Waals surface area contributed by atoms with Gasteiger partial charge in [0, 0.05) is 32.2 Å². The Balaban J connectivity index is 1.19. The number of nitrogens with zero attached hydrogens (tertiary/aromatic N) is 2. The number of aliphatic hydroxyl groups excluding tert-OH is 1. The molecule has 0 bridgehead atoms. The summed E-state index contributed by atoms with van der Waals surface area (Å²) >= 11 is 0. The molecular weight excluding hydrogens is 388 g/mol. The number of fused-ring (bicyclic) bond motifs is 1. The predicted molar refractivity (Wildman–Crippen MR) is 121 cm³/mol. The summed E-state index contributed by atoms with van der Waals surface area (Å²) in [5, 5.41) is 10.8. The molecule has 3 fully saturated rings. The van der Waals surface area contributed by atoms with Gasteiger partial charge in [0.1, 0.15) is 0 Å². The molecule has 31 heavy (non-hydrogen) atoms. The number of hydrogen-bond donors (Lipinski definition) is 1. The van der Waals surface area contributed by atoms with E-state index < -0.39 is 0 Å². The average Bonchev–Trinajstić information content (AvgIpc) is 3.23. The van der Waals surface area contributed by atoms with Crippen molar-refractivity contribution in [2.24, 2.45) is 11.8 Å². The highest BCUT2D eigenvalue weighted by atomic mass is 16.5. The molecule has 2 aromatic rings. The molecule has 0 radical (unpaired) electrons. The molecular formula is C26H32N2O3. The van der Waals surface area contributed by atoms with Gasteiger partial charge in [-0.1, -0.05) is 54.6 Å². The number of carbonyl (C=O) groups excluding carboxylic acids is 1. The van der Waals surface area contributed by atoms with Gasteiger partial charge in [-0.05, 0) is 41.4 Å². The Kier molecular flexibility index (Phi) is 6.08. The Morgan fingerprint density at radius 2 is 1.55 bits per heavy atom. The molecule has 4 atom stereocenters. The smallest absolute Gasteiger partial charge is 0.227 e. The Bertz CT molecular complexity index is 879. The van der Waals surface area contributed by atoms with Gasteiger partial charge in [0.2, 0.25) is 5.91 Å². The van der Waals surface area contributed by atoms with Gasteiger partial charge in [-0.2, -0.15) is 0 Å². The van der Waals surface area contributed by atoms with Crippen molar-refractivity contribution in [2.75, 3.05) is 39.4 Å². The van der Waals surface area contributed by atoms with Gasteiger partial charge in [0.15, 0.2) is 0 Å². The maximum Gasteiger partial charge on any atom is 0.227 e. The van der Waals surface area contributed by atoms with Crippen LogP contribution in [-0.4, -0.2) is 72.4 Å². The number of amides is 1. The minimum absolute atomic E-state index is 0.208. The molecule has 3 aliphatic rings. The zero-order valence-corrected chi connectivity index (χ0v) is 18.0. The summed E-state index contributed by atoms with van der Waals surface area (Å²) in [6.45, 7) is 4.94. The molecule has 2 aromatic carbocycles. The first-order chi connectivity index (χ1) is 15.2. The average molecular weight is 421 g/mol. The quantitative estimate of drug-likeness (QED) is 0.827. The maximum atomic E-state index is 13.0. The molecule has 1 N–H and O–H groups in total. The molecule has 0 spiro atoms. The lowest BCUT2D eigenvalue weighted by atomic mass is 9.77. The Morgan fingerprint density at radius 3 is 2.26 bits per heavy atom. The first-order valence-electron chi connectivity index (χ1n) is 11.6.